The molecule has 2 aliphatic heterocycles. The molecule has 7 nitrogen and oxygen atoms in total. The van der Waals surface area contributed by atoms with E-state index in [1.54, 1.807) is 0 Å². The number of nitrogens with zero attached hydrogens (tertiary/aromatic N) is 4. The largest absolute Gasteiger partial charge is 0.357 e. The maximum Gasteiger partial charge on any atom is 0.234 e. The van der Waals surface area contributed by atoms with Crippen LogP contribution in [0.3, 0.4) is 0 Å². The van der Waals surface area contributed by atoms with Crippen molar-refractivity contribution in [2.24, 2.45) is 10.9 Å². The molecule has 0 unspecified atom stereocenters. The van der Waals surface area contributed by atoms with Crippen LogP contribution in [0.15, 0.2) is 4.99 Å². The van der Waals surface area contributed by atoms with Crippen LogP contribution >= 0.6 is 24.0 Å². The number of carbonyl (C=O) groups excluding carboxylic acids is 1. The molecule has 168 valence electrons. The van der Waals surface area contributed by atoms with Gasteiger partial charge in [0.2, 0.25) is 5.91 Å². The van der Waals surface area contributed by atoms with E-state index in [1.807, 2.05) is 0 Å². The number of hydrogen-bond donors (Lipinski definition) is 2. The summed E-state index contributed by atoms with van der Waals surface area (Å²) in [7, 11) is 0. The highest BCUT2D eigenvalue weighted by Crippen LogP contribution is 2.20. The predicted octanol–water partition coefficient (Wildman–Crippen LogP) is 1.59. The first-order valence-corrected chi connectivity index (χ1v) is 11.4. The van der Waals surface area contributed by atoms with Crippen molar-refractivity contribution in [3.8, 4) is 0 Å². The fourth-order valence-corrected chi connectivity index (χ4v) is 4.19. The summed E-state index contributed by atoms with van der Waals surface area (Å²) >= 11 is 0. The van der Waals surface area contributed by atoms with E-state index in [2.05, 4.69) is 39.2 Å². The number of rotatable bonds is 8. The van der Waals surface area contributed by atoms with Crippen molar-refractivity contribution in [2.45, 2.75) is 52.0 Å². The number of likely N-dealkylation sites (tertiary alicyclic amines) is 1. The summed E-state index contributed by atoms with van der Waals surface area (Å²) in [5, 5.41) is 6.55. The Morgan fingerprint density at radius 1 is 0.966 bits per heavy atom. The summed E-state index contributed by atoms with van der Waals surface area (Å²) in [6.07, 6.45) is 6.15. The number of piperidine rings is 1. The maximum atomic E-state index is 12.0. The Balaban J connectivity index is 0.00000300. The zero-order valence-electron chi connectivity index (χ0n) is 18.4. The van der Waals surface area contributed by atoms with E-state index >= 15 is 0 Å². The van der Waals surface area contributed by atoms with Gasteiger partial charge in [-0.05, 0) is 64.6 Å². The zero-order chi connectivity index (χ0) is 19.8. The lowest BCUT2D eigenvalue weighted by Crippen LogP contribution is -2.54. The summed E-state index contributed by atoms with van der Waals surface area (Å²) in [6.45, 7) is 14.2. The van der Waals surface area contributed by atoms with E-state index in [9.17, 15) is 4.79 Å². The Bertz CT molecular complexity index is 511. The predicted molar refractivity (Wildman–Crippen MR) is 130 cm³/mol. The van der Waals surface area contributed by atoms with E-state index in [0.29, 0.717) is 12.6 Å². The third-order valence-corrected chi connectivity index (χ3v) is 6.27. The number of halogens is 1. The van der Waals surface area contributed by atoms with Crippen molar-refractivity contribution >= 4 is 35.8 Å². The van der Waals surface area contributed by atoms with Crippen LogP contribution in [-0.4, -0.2) is 98.1 Å². The lowest BCUT2D eigenvalue weighted by Gasteiger charge is -2.36. The van der Waals surface area contributed by atoms with Crippen molar-refractivity contribution in [3.63, 3.8) is 0 Å². The Labute approximate surface area is 194 Å². The third kappa shape index (κ3) is 8.57. The molecule has 2 saturated heterocycles. The van der Waals surface area contributed by atoms with Crippen LogP contribution in [0.4, 0.5) is 0 Å². The molecule has 3 fully saturated rings. The van der Waals surface area contributed by atoms with Gasteiger partial charge in [0, 0.05) is 45.3 Å². The van der Waals surface area contributed by atoms with E-state index in [0.717, 1.165) is 64.0 Å². The highest BCUT2D eigenvalue weighted by Gasteiger charge is 2.26. The molecule has 8 heteroatoms. The molecule has 0 aromatic carbocycles. The number of nitrogens with one attached hydrogen (secondary N) is 2. The molecular formula is C21H41IN6O. The fourth-order valence-electron chi connectivity index (χ4n) is 4.19. The van der Waals surface area contributed by atoms with Gasteiger partial charge < -0.3 is 20.4 Å². The molecule has 0 aromatic rings. The molecule has 3 aliphatic rings. The van der Waals surface area contributed by atoms with Crippen LogP contribution in [0.2, 0.25) is 0 Å². The van der Waals surface area contributed by atoms with Gasteiger partial charge in [-0.25, -0.2) is 0 Å². The number of aliphatic imine (C=N–C) groups is 1. The quantitative estimate of drug-likeness (QED) is 0.289. The molecule has 0 bridgehead atoms. The molecule has 0 aromatic heterocycles. The van der Waals surface area contributed by atoms with E-state index < -0.39 is 0 Å². The molecule has 29 heavy (non-hydrogen) atoms. The maximum absolute atomic E-state index is 12.0. The van der Waals surface area contributed by atoms with Crippen molar-refractivity contribution in [2.75, 3.05) is 65.4 Å². The zero-order valence-corrected chi connectivity index (χ0v) is 20.7. The smallest absolute Gasteiger partial charge is 0.234 e. The number of guanidine groups is 1. The van der Waals surface area contributed by atoms with Crippen LogP contribution in [0.1, 0.15) is 46.0 Å². The lowest BCUT2D eigenvalue weighted by atomic mass is 9.94. The molecule has 1 aliphatic carbocycles. The first kappa shape index (κ1) is 24.7. The lowest BCUT2D eigenvalue weighted by molar-refractivity contribution is -0.122. The van der Waals surface area contributed by atoms with Crippen molar-refractivity contribution < 1.29 is 4.79 Å². The van der Waals surface area contributed by atoms with Gasteiger partial charge in [-0.15, -0.1) is 24.0 Å². The summed E-state index contributed by atoms with van der Waals surface area (Å²) in [5.41, 5.74) is 0. The first-order valence-electron chi connectivity index (χ1n) is 11.4. The molecule has 0 radical (unpaired) electrons. The van der Waals surface area contributed by atoms with Gasteiger partial charge in [-0.3, -0.25) is 14.7 Å². The normalized spacial score (nSPS) is 22.3. The number of hydrogen-bond acceptors (Lipinski definition) is 4. The molecule has 0 spiro atoms. The van der Waals surface area contributed by atoms with Crippen LogP contribution in [0.25, 0.3) is 0 Å². The van der Waals surface area contributed by atoms with Crippen molar-refractivity contribution in [1.29, 1.82) is 0 Å². The Kier molecular flexibility index (Phi) is 11.0. The Hall–Kier alpha value is -0.610. The topological polar surface area (TPSA) is 63.2 Å². The molecule has 3 rings (SSSR count). The van der Waals surface area contributed by atoms with Gasteiger partial charge in [0.25, 0.3) is 0 Å². The second-order valence-electron chi connectivity index (χ2n) is 8.51. The first-order chi connectivity index (χ1) is 13.7. The Morgan fingerprint density at radius 2 is 1.66 bits per heavy atom. The van der Waals surface area contributed by atoms with Gasteiger partial charge in [0.1, 0.15) is 0 Å². The van der Waals surface area contributed by atoms with Crippen LogP contribution in [-0.2, 0) is 4.79 Å². The highest BCUT2D eigenvalue weighted by atomic mass is 127. The molecule has 2 N–H and O–H groups in total. The molecule has 1 amide bonds. The minimum Gasteiger partial charge on any atom is -0.357 e. The second-order valence-corrected chi connectivity index (χ2v) is 8.51. The van der Waals surface area contributed by atoms with E-state index in [-0.39, 0.29) is 29.9 Å². The minimum absolute atomic E-state index is 0. The molecule has 1 saturated carbocycles. The number of amides is 1. The molecule has 2 heterocycles. The summed E-state index contributed by atoms with van der Waals surface area (Å²) in [5.74, 6) is 2.07. The summed E-state index contributed by atoms with van der Waals surface area (Å²) < 4.78 is 0. The van der Waals surface area contributed by atoms with Gasteiger partial charge in [-0.1, -0.05) is 6.92 Å². The van der Waals surface area contributed by atoms with E-state index in [4.69, 9.17) is 4.99 Å². The van der Waals surface area contributed by atoms with Crippen LogP contribution in [0, 0.1) is 5.92 Å². The average molecular weight is 521 g/mol. The molecule has 0 atom stereocenters. The standard InChI is InChI=1S/C21H40N6O.HI/c1-3-22-21(23-10-7-18-8-11-25(4-2)12-9-18)27-15-13-26(14-16-27)17-20(28)24-19-5-6-19;/h18-19H,3-17H2,1-2H3,(H,22,23)(H,24,28);1H. The SMILES string of the molecule is CCNC(=NCCC1CCN(CC)CC1)N1CCN(CC(=O)NC2CC2)CC1.I. The van der Waals surface area contributed by atoms with Crippen LogP contribution < -0.4 is 10.6 Å². The van der Waals surface area contributed by atoms with Crippen molar-refractivity contribution in [1.82, 2.24) is 25.3 Å². The number of piperazine rings is 1. The molecular weight excluding hydrogens is 479 g/mol. The van der Waals surface area contributed by atoms with Crippen LogP contribution in [0.5, 0.6) is 0 Å². The van der Waals surface area contributed by atoms with Gasteiger partial charge in [0.05, 0.1) is 6.54 Å². The monoisotopic (exact) mass is 520 g/mol. The summed E-state index contributed by atoms with van der Waals surface area (Å²) in [4.78, 5) is 24.1. The second kappa shape index (κ2) is 12.9. The summed E-state index contributed by atoms with van der Waals surface area (Å²) in [6, 6.07) is 0.454. The minimum atomic E-state index is 0. The van der Waals surface area contributed by atoms with Gasteiger partial charge in [0.15, 0.2) is 5.96 Å². The fraction of sp³-hybridized carbons (Fsp3) is 0.905. The van der Waals surface area contributed by atoms with E-state index in [1.165, 1.54) is 38.9 Å². The highest BCUT2D eigenvalue weighted by molar-refractivity contribution is 14.0. The third-order valence-electron chi connectivity index (χ3n) is 6.27. The van der Waals surface area contributed by atoms with Gasteiger partial charge in [-0.2, -0.15) is 0 Å². The van der Waals surface area contributed by atoms with Crippen molar-refractivity contribution in [3.05, 3.63) is 0 Å². The average Bonchev–Trinajstić information content (AvgIpc) is 3.52. The Morgan fingerprint density at radius 3 is 2.24 bits per heavy atom. The van der Waals surface area contributed by atoms with Gasteiger partial charge >= 0.3 is 0 Å². The number of carbonyl (C=O) groups is 1.